The minimum atomic E-state index is -0.138. The predicted octanol–water partition coefficient (Wildman–Crippen LogP) is 4.07. The Morgan fingerprint density at radius 3 is 2.64 bits per heavy atom. The SMILES string of the molecule is CC[C@@H](C)c1ccc(NC(=O)/C=C/c2cnn(CC)c2)cc1. The van der Waals surface area contributed by atoms with Crippen molar-refractivity contribution >= 4 is 17.7 Å². The van der Waals surface area contributed by atoms with E-state index < -0.39 is 0 Å². The molecule has 0 saturated carbocycles. The number of anilines is 1. The zero-order chi connectivity index (χ0) is 15.9. The van der Waals surface area contributed by atoms with Crippen LogP contribution < -0.4 is 5.32 Å². The first-order chi connectivity index (χ1) is 10.6. The van der Waals surface area contributed by atoms with Crippen molar-refractivity contribution in [2.75, 3.05) is 5.32 Å². The van der Waals surface area contributed by atoms with Gasteiger partial charge in [0.25, 0.3) is 0 Å². The summed E-state index contributed by atoms with van der Waals surface area (Å²) in [5, 5.41) is 7.03. The molecule has 0 fully saturated rings. The zero-order valence-electron chi connectivity index (χ0n) is 13.4. The molecule has 0 aliphatic carbocycles. The van der Waals surface area contributed by atoms with Crippen LogP contribution in [0.15, 0.2) is 42.7 Å². The summed E-state index contributed by atoms with van der Waals surface area (Å²) >= 11 is 0. The number of carbonyl (C=O) groups excluding carboxylic acids is 1. The first-order valence-electron chi connectivity index (χ1n) is 7.73. The number of benzene rings is 1. The molecular formula is C18H23N3O. The molecule has 0 aliphatic heterocycles. The lowest BCUT2D eigenvalue weighted by Crippen LogP contribution is -2.07. The highest BCUT2D eigenvalue weighted by Crippen LogP contribution is 2.20. The van der Waals surface area contributed by atoms with E-state index in [0.29, 0.717) is 5.92 Å². The quantitative estimate of drug-likeness (QED) is 0.817. The van der Waals surface area contributed by atoms with Crippen LogP contribution in [-0.4, -0.2) is 15.7 Å². The Bertz CT molecular complexity index is 641. The highest BCUT2D eigenvalue weighted by Gasteiger charge is 2.03. The second-order valence-electron chi connectivity index (χ2n) is 5.38. The molecule has 2 aromatic rings. The molecule has 0 spiro atoms. The van der Waals surface area contributed by atoms with Crippen LogP contribution in [0.3, 0.4) is 0 Å². The largest absolute Gasteiger partial charge is 0.323 e. The molecule has 1 aromatic carbocycles. The Hall–Kier alpha value is -2.36. The van der Waals surface area contributed by atoms with Gasteiger partial charge < -0.3 is 5.32 Å². The van der Waals surface area contributed by atoms with Gasteiger partial charge in [0.1, 0.15) is 0 Å². The topological polar surface area (TPSA) is 46.9 Å². The van der Waals surface area contributed by atoms with E-state index >= 15 is 0 Å². The molecule has 0 saturated heterocycles. The Kier molecular flexibility index (Phi) is 5.53. The highest BCUT2D eigenvalue weighted by atomic mass is 16.1. The molecule has 1 aromatic heterocycles. The van der Waals surface area contributed by atoms with Crippen LogP contribution in [0, 0.1) is 0 Å². The number of nitrogens with one attached hydrogen (secondary N) is 1. The fraction of sp³-hybridized carbons (Fsp3) is 0.333. The first kappa shape index (κ1) is 16.0. The lowest BCUT2D eigenvalue weighted by atomic mass is 9.99. The summed E-state index contributed by atoms with van der Waals surface area (Å²) in [6.45, 7) is 7.22. The van der Waals surface area contributed by atoms with Crippen molar-refractivity contribution in [3.8, 4) is 0 Å². The van der Waals surface area contributed by atoms with Crippen molar-refractivity contribution in [2.24, 2.45) is 0 Å². The van der Waals surface area contributed by atoms with Crippen LogP contribution in [0.25, 0.3) is 6.08 Å². The average Bonchev–Trinajstić information content (AvgIpc) is 3.01. The van der Waals surface area contributed by atoms with Crippen LogP contribution >= 0.6 is 0 Å². The van der Waals surface area contributed by atoms with E-state index in [1.165, 1.54) is 11.6 Å². The molecule has 1 heterocycles. The fourth-order valence-corrected chi connectivity index (χ4v) is 2.13. The van der Waals surface area contributed by atoms with Gasteiger partial charge in [0.15, 0.2) is 0 Å². The Labute approximate surface area is 131 Å². The third-order valence-electron chi connectivity index (χ3n) is 3.76. The maximum absolute atomic E-state index is 11.9. The third-order valence-corrected chi connectivity index (χ3v) is 3.76. The van der Waals surface area contributed by atoms with Crippen LogP contribution in [0.4, 0.5) is 5.69 Å². The van der Waals surface area contributed by atoms with Gasteiger partial charge in [-0.25, -0.2) is 0 Å². The number of aromatic nitrogens is 2. The molecule has 0 bridgehead atoms. The smallest absolute Gasteiger partial charge is 0.248 e. The molecule has 0 radical (unpaired) electrons. The number of hydrogen-bond donors (Lipinski definition) is 1. The van der Waals surface area contributed by atoms with E-state index in [1.54, 1.807) is 12.3 Å². The minimum absolute atomic E-state index is 0.138. The maximum Gasteiger partial charge on any atom is 0.248 e. The van der Waals surface area contributed by atoms with Crippen molar-refractivity contribution in [1.29, 1.82) is 0 Å². The summed E-state index contributed by atoms with van der Waals surface area (Å²) in [4.78, 5) is 11.9. The van der Waals surface area contributed by atoms with Crippen molar-refractivity contribution in [3.63, 3.8) is 0 Å². The van der Waals surface area contributed by atoms with Crippen LogP contribution in [-0.2, 0) is 11.3 Å². The van der Waals surface area contributed by atoms with E-state index in [1.807, 2.05) is 29.9 Å². The zero-order valence-corrected chi connectivity index (χ0v) is 13.4. The molecule has 0 unspecified atom stereocenters. The van der Waals surface area contributed by atoms with Gasteiger partial charge in [-0.1, -0.05) is 26.0 Å². The summed E-state index contributed by atoms with van der Waals surface area (Å²) in [7, 11) is 0. The number of nitrogens with zero attached hydrogens (tertiary/aromatic N) is 2. The van der Waals surface area contributed by atoms with Crippen LogP contribution in [0.5, 0.6) is 0 Å². The summed E-state index contributed by atoms with van der Waals surface area (Å²) in [6.07, 6.45) is 8.06. The lowest BCUT2D eigenvalue weighted by Gasteiger charge is -2.09. The normalized spacial score (nSPS) is 12.5. The first-order valence-corrected chi connectivity index (χ1v) is 7.73. The van der Waals surface area contributed by atoms with E-state index in [2.05, 4.69) is 36.4 Å². The lowest BCUT2D eigenvalue weighted by molar-refractivity contribution is -0.111. The number of aryl methyl sites for hydroxylation is 1. The van der Waals surface area contributed by atoms with Gasteiger partial charge in [0.2, 0.25) is 5.91 Å². The molecule has 116 valence electrons. The molecule has 1 amide bonds. The van der Waals surface area contributed by atoms with Gasteiger partial charge in [-0.15, -0.1) is 0 Å². The van der Waals surface area contributed by atoms with Gasteiger partial charge in [0.05, 0.1) is 6.20 Å². The molecule has 22 heavy (non-hydrogen) atoms. The molecule has 4 nitrogen and oxygen atoms in total. The van der Waals surface area contributed by atoms with Crippen molar-refractivity contribution in [3.05, 3.63) is 53.9 Å². The fourth-order valence-electron chi connectivity index (χ4n) is 2.13. The molecular weight excluding hydrogens is 274 g/mol. The molecule has 0 aliphatic rings. The molecule has 1 atom stereocenters. The Morgan fingerprint density at radius 2 is 2.05 bits per heavy atom. The van der Waals surface area contributed by atoms with Crippen molar-refractivity contribution < 1.29 is 4.79 Å². The molecule has 2 rings (SSSR count). The average molecular weight is 297 g/mol. The van der Waals surface area contributed by atoms with Gasteiger partial charge in [0, 0.05) is 30.1 Å². The monoisotopic (exact) mass is 297 g/mol. The van der Waals surface area contributed by atoms with Crippen molar-refractivity contribution in [2.45, 2.75) is 39.7 Å². The summed E-state index contributed by atoms with van der Waals surface area (Å²) in [6, 6.07) is 8.03. The van der Waals surface area contributed by atoms with Gasteiger partial charge in [-0.05, 0) is 43.0 Å². The van der Waals surface area contributed by atoms with Crippen LogP contribution in [0.1, 0.15) is 44.2 Å². The highest BCUT2D eigenvalue weighted by molar-refractivity contribution is 6.01. The predicted molar refractivity (Wildman–Crippen MR) is 90.7 cm³/mol. The summed E-state index contributed by atoms with van der Waals surface area (Å²) in [5.41, 5.74) is 3.03. The standard InChI is InChI=1S/C18H23N3O/c1-4-14(3)16-7-9-17(10-8-16)20-18(22)11-6-15-12-19-21(5-2)13-15/h6-14H,4-5H2,1-3H3,(H,20,22)/b11-6+/t14-/m1/s1. The number of hydrogen-bond acceptors (Lipinski definition) is 2. The Balaban J connectivity index is 1.94. The third kappa shape index (κ3) is 4.32. The number of amides is 1. The van der Waals surface area contributed by atoms with Gasteiger partial charge in [-0.2, -0.15) is 5.10 Å². The number of rotatable bonds is 6. The minimum Gasteiger partial charge on any atom is -0.323 e. The molecule has 1 N–H and O–H groups in total. The van der Waals surface area contributed by atoms with Gasteiger partial charge >= 0.3 is 0 Å². The Morgan fingerprint density at radius 1 is 1.32 bits per heavy atom. The summed E-state index contributed by atoms with van der Waals surface area (Å²) < 4.78 is 1.82. The van der Waals surface area contributed by atoms with Gasteiger partial charge in [-0.3, -0.25) is 9.48 Å². The van der Waals surface area contributed by atoms with Crippen molar-refractivity contribution in [1.82, 2.24) is 9.78 Å². The van der Waals surface area contributed by atoms with E-state index in [0.717, 1.165) is 24.2 Å². The second-order valence-corrected chi connectivity index (χ2v) is 5.38. The van der Waals surface area contributed by atoms with E-state index in [9.17, 15) is 4.79 Å². The van der Waals surface area contributed by atoms with Crippen LogP contribution in [0.2, 0.25) is 0 Å². The van der Waals surface area contributed by atoms with E-state index in [4.69, 9.17) is 0 Å². The number of carbonyl (C=O) groups is 1. The molecule has 4 heteroatoms. The summed E-state index contributed by atoms with van der Waals surface area (Å²) in [5.74, 6) is 0.403. The van der Waals surface area contributed by atoms with E-state index in [-0.39, 0.29) is 5.91 Å². The second kappa shape index (κ2) is 7.59. The maximum atomic E-state index is 11.9.